The zero-order chi connectivity index (χ0) is 12.6. The summed E-state index contributed by atoms with van der Waals surface area (Å²) >= 11 is 0. The van der Waals surface area contributed by atoms with Gasteiger partial charge in [0.25, 0.3) is 0 Å². The maximum atomic E-state index is 12.4. The number of hydrogen-bond donors (Lipinski definition) is 2. The van der Waals surface area contributed by atoms with Crippen molar-refractivity contribution in [2.45, 2.75) is 32.2 Å². The van der Waals surface area contributed by atoms with Gasteiger partial charge in [0, 0.05) is 6.54 Å². The smallest absolute Gasteiger partial charge is 0.227 e. The first-order valence-electron chi connectivity index (χ1n) is 6.78. The summed E-state index contributed by atoms with van der Waals surface area (Å²) in [4.78, 5) is 12.4. The van der Waals surface area contributed by atoms with Crippen LogP contribution in [0.1, 0.15) is 36.9 Å². The van der Waals surface area contributed by atoms with Crippen LogP contribution < -0.4 is 10.6 Å². The second-order valence-corrected chi connectivity index (χ2v) is 5.75. The number of rotatable bonds is 2. The topological polar surface area (TPSA) is 41.1 Å². The number of amides is 1. The van der Waals surface area contributed by atoms with Gasteiger partial charge in [0.2, 0.25) is 5.91 Å². The van der Waals surface area contributed by atoms with Gasteiger partial charge in [0.1, 0.15) is 0 Å². The molecule has 4 heteroatoms. The fraction of sp³-hybridized carbons (Fsp3) is 0.533. The first kappa shape index (κ1) is 14.4. The molecular weight excluding hydrogens is 260 g/mol. The van der Waals surface area contributed by atoms with Crippen molar-refractivity contribution in [1.29, 1.82) is 0 Å². The molecule has 2 unspecified atom stereocenters. The number of halogens is 1. The van der Waals surface area contributed by atoms with E-state index in [0.29, 0.717) is 0 Å². The molecule has 1 aliphatic carbocycles. The third-order valence-electron chi connectivity index (χ3n) is 4.36. The minimum Gasteiger partial charge on any atom is -0.349 e. The highest BCUT2D eigenvalue weighted by Gasteiger charge is 2.38. The van der Waals surface area contributed by atoms with Crippen LogP contribution >= 0.6 is 12.4 Å². The van der Waals surface area contributed by atoms with E-state index in [1.165, 1.54) is 11.1 Å². The number of carbonyl (C=O) groups excluding carboxylic acids is 1. The highest BCUT2D eigenvalue weighted by Crippen LogP contribution is 2.33. The van der Waals surface area contributed by atoms with Crippen molar-refractivity contribution < 1.29 is 4.79 Å². The molecule has 1 aromatic carbocycles. The molecule has 3 rings (SSSR count). The zero-order valence-corrected chi connectivity index (χ0v) is 12.1. The largest absolute Gasteiger partial charge is 0.349 e. The Bertz CT molecular complexity index is 469. The molecule has 1 aliphatic heterocycles. The molecule has 2 N–H and O–H groups in total. The third-order valence-corrected chi connectivity index (χ3v) is 4.36. The van der Waals surface area contributed by atoms with Crippen molar-refractivity contribution >= 4 is 18.3 Å². The molecule has 0 radical (unpaired) electrons. The van der Waals surface area contributed by atoms with Gasteiger partial charge in [-0.2, -0.15) is 0 Å². The monoisotopic (exact) mass is 280 g/mol. The average molecular weight is 281 g/mol. The zero-order valence-electron chi connectivity index (χ0n) is 11.2. The molecule has 0 aromatic heterocycles. The van der Waals surface area contributed by atoms with Crippen LogP contribution in [-0.2, 0) is 11.2 Å². The number of hydrogen-bond acceptors (Lipinski definition) is 2. The molecule has 1 aromatic rings. The summed E-state index contributed by atoms with van der Waals surface area (Å²) in [7, 11) is 0. The molecule has 1 amide bonds. The van der Waals surface area contributed by atoms with Crippen LogP contribution in [0.5, 0.6) is 0 Å². The normalized spacial score (nSPS) is 28.6. The van der Waals surface area contributed by atoms with Gasteiger partial charge < -0.3 is 10.6 Å². The van der Waals surface area contributed by atoms with E-state index in [-0.39, 0.29) is 29.8 Å². The summed E-state index contributed by atoms with van der Waals surface area (Å²) in [6, 6.07) is 8.65. The highest BCUT2D eigenvalue weighted by molar-refractivity contribution is 5.85. The molecule has 1 saturated heterocycles. The van der Waals surface area contributed by atoms with Crippen LogP contribution in [0.15, 0.2) is 24.3 Å². The lowest BCUT2D eigenvalue weighted by molar-refractivity contribution is -0.130. The van der Waals surface area contributed by atoms with Crippen molar-refractivity contribution in [3.8, 4) is 0 Å². The van der Waals surface area contributed by atoms with E-state index < -0.39 is 0 Å². The van der Waals surface area contributed by atoms with Crippen molar-refractivity contribution in [3.05, 3.63) is 35.4 Å². The Morgan fingerprint density at radius 1 is 1.42 bits per heavy atom. The highest BCUT2D eigenvalue weighted by atomic mass is 35.5. The van der Waals surface area contributed by atoms with E-state index in [0.717, 1.165) is 32.4 Å². The van der Waals surface area contributed by atoms with Crippen molar-refractivity contribution in [2.24, 2.45) is 5.41 Å². The molecular formula is C15H21ClN2O. The molecule has 2 atom stereocenters. The Kier molecular flexibility index (Phi) is 4.16. The van der Waals surface area contributed by atoms with Crippen LogP contribution in [0.4, 0.5) is 0 Å². The Morgan fingerprint density at radius 3 is 2.95 bits per heavy atom. The van der Waals surface area contributed by atoms with Gasteiger partial charge in [0.05, 0.1) is 11.5 Å². The summed E-state index contributed by atoms with van der Waals surface area (Å²) in [6.45, 7) is 3.81. The molecule has 0 spiro atoms. The molecule has 3 nitrogen and oxygen atoms in total. The van der Waals surface area contributed by atoms with Crippen LogP contribution in [0.25, 0.3) is 0 Å². The van der Waals surface area contributed by atoms with E-state index in [9.17, 15) is 4.79 Å². The Hall–Kier alpha value is -1.06. The lowest BCUT2D eigenvalue weighted by Crippen LogP contribution is -2.41. The van der Waals surface area contributed by atoms with E-state index in [1.807, 2.05) is 0 Å². The lowest BCUT2D eigenvalue weighted by Gasteiger charge is -2.24. The van der Waals surface area contributed by atoms with Gasteiger partial charge in [-0.25, -0.2) is 0 Å². The fourth-order valence-electron chi connectivity index (χ4n) is 3.05. The predicted octanol–water partition coefficient (Wildman–Crippen LogP) is 2.21. The molecule has 0 saturated carbocycles. The second kappa shape index (κ2) is 5.51. The molecule has 1 fully saturated rings. The minimum absolute atomic E-state index is 0. The van der Waals surface area contributed by atoms with E-state index in [4.69, 9.17) is 0 Å². The molecule has 0 bridgehead atoms. The van der Waals surface area contributed by atoms with Crippen LogP contribution in [0.2, 0.25) is 0 Å². The van der Waals surface area contributed by atoms with Crippen molar-refractivity contribution in [3.63, 3.8) is 0 Å². The number of carbonyl (C=O) groups is 1. The number of aryl methyl sites for hydroxylation is 1. The number of nitrogens with one attached hydrogen (secondary N) is 2. The number of benzene rings is 1. The second-order valence-electron chi connectivity index (χ2n) is 5.75. The molecule has 19 heavy (non-hydrogen) atoms. The first-order valence-corrected chi connectivity index (χ1v) is 6.78. The van der Waals surface area contributed by atoms with Gasteiger partial charge in [-0.15, -0.1) is 12.4 Å². The molecule has 1 heterocycles. The summed E-state index contributed by atoms with van der Waals surface area (Å²) in [5.41, 5.74) is 2.47. The summed E-state index contributed by atoms with van der Waals surface area (Å²) in [5.74, 6) is 0.203. The summed E-state index contributed by atoms with van der Waals surface area (Å²) in [6.07, 6.45) is 3.05. The van der Waals surface area contributed by atoms with Gasteiger partial charge in [-0.1, -0.05) is 24.3 Å². The Morgan fingerprint density at radius 2 is 2.21 bits per heavy atom. The summed E-state index contributed by atoms with van der Waals surface area (Å²) < 4.78 is 0. The van der Waals surface area contributed by atoms with Crippen LogP contribution in [-0.4, -0.2) is 19.0 Å². The maximum absolute atomic E-state index is 12.4. The number of fused-ring (bicyclic) bond motifs is 1. The Labute approximate surface area is 120 Å². The lowest BCUT2D eigenvalue weighted by atomic mass is 9.88. The maximum Gasteiger partial charge on any atom is 0.227 e. The van der Waals surface area contributed by atoms with Gasteiger partial charge in [-0.05, 0) is 43.9 Å². The van der Waals surface area contributed by atoms with Gasteiger partial charge in [-0.3, -0.25) is 4.79 Å². The molecule has 104 valence electrons. The van der Waals surface area contributed by atoms with E-state index >= 15 is 0 Å². The van der Waals surface area contributed by atoms with Crippen molar-refractivity contribution in [1.82, 2.24) is 10.6 Å². The van der Waals surface area contributed by atoms with E-state index in [1.54, 1.807) is 0 Å². The average Bonchev–Trinajstić information content (AvgIpc) is 2.98. The third kappa shape index (κ3) is 2.63. The predicted molar refractivity (Wildman–Crippen MR) is 78.5 cm³/mol. The van der Waals surface area contributed by atoms with E-state index in [2.05, 4.69) is 41.8 Å². The summed E-state index contributed by atoms with van der Waals surface area (Å²) in [5, 5.41) is 6.52. The van der Waals surface area contributed by atoms with Gasteiger partial charge in [0.15, 0.2) is 0 Å². The Balaban J connectivity index is 0.00000133. The first-order chi connectivity index (χ1) is 8.69. The fourth-order valence-corrected chi connectivity index (χ4v) is 3.05. The molecule has 2 aliphatic rings. The minimum atomic E-state index is -0.225. The van der Waals surface area contributed by atoms with Crippen LogP contribution in [0, 0.1) is 5.41 Å². The standard InChI is InChI=1S/C15H20N2O.ClH/c1-15(8-9-16-10-15)14(18)17-13-7-6-11-4-2-3-5-12(11)13;/h2-5,13,16H,6-10H2,1H3,(H,17,18);1H. The SMILES string of the molecule is CC1(C(=O)NC2CCc3ccccc32)CCNC1.Cl. The quantitative estimate of drug-likeness (QED) is 0.872. The van der Waals surface area contributed by atoms with Crippen molar-refractivity contribution in [2.75, 3.05) is 13.1 Å². The van der Waals surface area contributed by atoms with Gasteiger partial charge >= 0.3 is 0 Å². The van der Waals surface area contributed by atoms with Crippen LogP contribution in [0.3, 0.4) is 0 Å².